The molecule has 1 rings (SSSR count). The fraction of sp³-hybridized carbons (Fsp3) is 0.775. The maximum atomic E-state index is 12.9. The quantitative estimate of drug-likeness (QED) is 0.0418. The molecule has 0 heterocycles. The number of carboxylic acids is 3. The van der Waals surface area contributed by atoms with Gasteiger partial charge in [-0.15, -0.1) is 0 Å². The van der Waals surface area contributed by atoms with Crippen LogP contribution in [0.1, 0.15) is 130 Å². The molecule has 20 nitrogen and oxygen atoms in total. The highest BCUT2D eigenvalue weighted by Gasteiger charge is 2.30. The number of carbonyl (C=O) groups excluding carboxylic acids is 6. The molecule has 1 fully saturated rings. The lowest BCUT2D eigenvalue weighted by Crippen LogP contribution is -2.48. The molecular weight excluding hydrogens is 788 g/mol. The largest absolute Gasteiger partial charge is 0.481 e. The fourth-order valence-electron chi connectivity index (χ4n) is 6.60. The van der Waals surface area contributed by atoms with Gasteiger partial charge in [0.1, 0.15) is 18.1 Å². The topological polar surface area (TPSA) is 319 Å². The number of rotatable bonds is 33. The lowest BCUT2D eigenvalue weighted by molar-refractivity contribution is -0.143. The van der Waals surface area contributed by atoms with Crippen LogP contribution in [0, 0.1) is 11.8 Å². The van der Waals surface area contributed by atoms with Crippen LogP contribution in [0.4, 0.5) is 0 Å². The van der Waals surface area contributed by atoms with Gasteiger partial charge >= 0.3 is 17.9 Å². The first kappa shape index (κ1) is 53.2. The molecule has 0 spiro atoms. The van der Waals surface area contributed by atoms with Crippen molar-refractivity contribution in [2.45, 2.75) is 154 Å². The summed E-state index contributed by atoms with van der Waals surface area (Å²) in [7, 11) is 0. The summed E-state index contributed by atoms with van der Waals surface area (Å²) in [4.78, 5) is 108. The normalized spacial score (nSPS) is 16.6. The van der Waals surface area contributed by atoms with E-state index in [1.54, 1.807) is 0 Å². The smallest absolute Gasteiger partial charge is 0.326 e. The van der Waals surface area contributed by atoms with Crippen molar-refractivity contribution in [1.29, 1.82) is 0 Å². The van der Waals surface area contributed by atoms with Gasteiger partial charge in [0.15, 0.2) is 0 Å². The van der Waals surface area contributed by atoms with Crippen molar-refractivity contribution in [2.24, 2.45) is 17.6 Å². The summed E-state index contributed by atoms with van der Waals surface area (Å²) in [5.41, 5.74) is 4.84. The molecule has 0 aromatic rings. The number of carboxylic acid groups (broad SMARTS) is 3. The van der Waals surface area contributed by atoms with E-state index in [1.807, 2.05) is 20.8 Å². The van der Waals surface area contributed by atoms with Crippen LogP contribution in [0.2, 0.25) is 0 Å². The molecule has 1 aliphatic rings. The standard InChI is InChI=1S/C40H68N6O14/c1-4-8-28(36(41)54)44-32(48)9-5-6-20-40(2,3)60-24-23-59-22-21-42-38(56)29(17-19-35(52)53)45-33(49)18-16-30(39(57)58)46-37(55)27-14-12-26(13-15-27)25-43-31(47)10-7-11-34(50)51/h26-30H,4-25H2,1-3H3,(H2,41,54)(H,42,56)(H,43,47)(H,44,48)(H,45,49)(H,46,55)(H,50,51)(H,52,53)(H,57,58)/t26-,27+,28-,29-,30-/m0/s1. The Kier molecular flexibility index (Phi) is 26.0. The van der Waals surface area contributed by atoms with Crippen molar-refractivity contribution in [3.63, 3.8) is 0 Å². The van der Waals surface area contributed by atoms with Crippen LogP contribution in [0.15, 0.2) is 0 Å². The van der Waals surface area contributed by atoms with Gasteiger partial charge in [0.2, 0.25) is 35.4 Å². The van der Waals surface area contributed by atoms with Crippen LogP contribution in [-0.4, -0.2) is 125 Å². The van der Waals surface area contributed by atoms with Gasteiger partial charge in [-0.2, -0.15) is 0 Å². The zero-order chi connectivity index (χ0) is 45.1. The van der Waals surface area contributed by atoms with Gasteiger partial charge in [0, 0.05) is 51.1 Å². The van der Waals surface area contributed by atoms with Crippen LogP contribution >= 0.6 is 0 Å². The van der Waals surface area contributed by atoms with Crippen molar-refractivity contribution in [3.05, 3.63) is 0 Å². The minimum absolute atomic E-state index is 0.0524. The molecule has 20 heteroatoms. The van der Waals surface area contributed by atoms with Crippen LogP contribution in [0.3, 0.4) is 0 Å². The number of hydrogen-bond acceptors (Lipinski definition) is 11. The highest BCUT2D eigenvalue weighted by molar-refractivity contribution is 5.89. The number of nitrogens with one attached hydrogen (secondary N) is 5. The first-order chi connectivity index (χ1) is 28.3. The minimum Gasteiger partial charge on any atom is -0.481 e. The van der Waals surface area contributed by atoms with E-state index in [0.717, 1.165) is 6.42 Å². The molecule has 0 aromatic heterocycles. The summed E-state index contributed by atoms with van der Waals surface area (Å²) in [5.74, 6) is -6.64. The molecule has 0 unspecified atom stereocenters. The zero-order valence-electron chi connectivity index (χ0n) is 35.4. The van der Waals surface area contributed by atoms with E-state index < -0.39 is 77.6 Å². The van der Waals surface area contributed by atoms with Crippen LogP contribution in [0.5, 0.6) is 0 Å². The third kappa shape index (κ3) is 24.9. The van der Waals surface area contributed by atoms with Crippen LogP contribution in [0.25, 0.3) is 0 Å². The summed E-state index contributed by atoms with van der Waals surface area (Å²) < 4.78 is 11.5. The van der Waals surface area contributed by atoms with Gasteiger partial charge in [-0.05, 0) is 84.0 Å². The van der Waals surface area contributed by atoms with E-state index in [-0.39, 0.29) is 89.0 Å². The van der Waals surface area contributed by atoms with Crippen molar-refractivity contribution >= 4 is 53.4 Å². The second-order valence-corrected chi connectivity index (χ2v) is 15.8. The van der Waals surface area contributed by atoms with Crippen molar-refractivity contribution < 1.29 is 67.9 Å². The maximum Gasteiger partial charge on any atom is 0.326 e. The number of unbranched alkanes of at least 4 members (excludes halogenated alkanes) is 1. The van der Waals surface area contributed by atoms with Crippen molar-refractivity contribution in [2.75, 3.05) is 32.9 Å². The molecule has 1 aliphatic carbocycles. The molecule has 342 valence electrons. The number of amides is 6. The summed E-state index contributed by atoms with van der Waals surface area (Å²) >= 11 is 0. The highest BCUT2D eigenvalue weighted by Crippen LogP contribution is 2.29. The third-order valence-corrected chi connectivity index (χ3v) is 10.1. The first-order valence-corrected chi connectivity index (χ1v) is 20.9. The van der Waals surface area contributed by atoms with E-state index >= 15 is 0 Å². The maximum absolute atomic E-state index is 12.9. The molecule has 0 bridgehead atoms. The minimum atomic E-state index is -1.38. The first-order valence-electron chi connectivity index (χ1n) is 20.9. The molecule has 3 atom stereocenters. The second-order valence-electron chi connectivity index (χ2n) is 15.8. The number of primary amides is 1. The molecular formula is C40H68N6O14. The summed E-state index contributed by atoms with van der Waals surface area (Å²) in [6, 6.07) is -3.26. The fourth-order valence-corrected chi connectivity index (χ4v) is 6.60. The van der Waals surface area contributed by atoms with E-state index in [2.05, 4.69) is 26.6 Å². The monoisotopic (exact) mass is 856 g/mol. The predicted octanol–water partition coefficient (Wildman–Crippen LogP) is 1.12. The summed E-state index contributed by atoms with van der Waals surface area (Å²) in [6.07, 6.45) is 4.66. The Morgan fingerprint density at radius 2 is 1.28 bits per heavy atom. The number of hydrogen-bond donors (Lipinski definition) is 9. The molecule has 0 saturated heterocycles. The Morgan fingerprint density at radius 3 is 1.90 bits per heavy atom. The Bertz CT molecular complexity index is 1420. The Labute approximate surface area is 351 Å². The summed E-state index contributed by atoms with van der Waals surface area (Å²) in [5, 5.41) is 40.6. The summed E-state index contributed by atoms with van der Waals surface area (Å²) in [6.45, 7) is 6.76. The highest BCUT2D eigenvalue weighted by atomic mass is 16.5. The molecule has 1 saturated carbocycles. The number of nitrogens with two attached hydrogens (primary N) is 1. The van der Waals surface area contributed by atoms with Gasteiger partial charge in [0.25, 0.3) is 0 Å². The van der Waals surface area contributed by atoms with Gasteiger partial charge in [-0.1, -0.05) is 19.8 Å². The van der Waals surface area contributed by atoms with Gasteiger partial charge in [0.05, 0.1) is 25.4 Å². The lowest BCUT2D eigenvalue weighted by Gasteiger charge is -2.28. The van der Waals surface area contributed by atoms with Crippen LogP contribution in [-0.2, 0) is 52.6 Å². The lowest BCUT2D eigenvalue weighted by atomic mass is 9.81. The molecule has 10 N–H and O–H groups in total. The van der Waals surface area contributed by atoms with Gasteiger partial charge < -0.3 is 57.1 Å². The van der Waals surface area contributed by atoms with Crippen molar-refractivity contribution in [1.82, 2.24) is 26.6 Å². The van der Waals surface area contributed by atoms with Gasteiger partial charge in [-0.3, -0.25) is 38.4 Å². The zero-order valence-corrected chi connectivity index (χ0v) is 35.4. The van der Waals surface area contributed by atoms with E-state index in [4.69, 9.17) is 25.4 Å². The number of aliphatic carboxylic acids is 3. The molecule has 60 heavy (non-hydrogen) atoms. The average Bonchev–Trinajstić information content (AvgIpc) is 3.17. The second kappa shape index (κ2) is 29.4. The Morgan fingerprint density at radius 1 is 0.667 bits per heavy atom. The van der Waals surface area contributed by atoms with E-state index in [0.29, 0.717) is 57.9 Å². The molecule has 0 aliphatic heterocycles. The number of ether oxygens (including phenoxy) is 2. The molecule has 0 radical (unpaired) electrons. The predicted molar refractivity (Wildman–Crippen MR) is 216 cm³/mol. The van der Waals surface area contributed by atoms with E-state index in [1.165, 1.54) is 0 Å². The number of carbonyl (C=O) groups is 9. The SMILES string of the molecule is CCC[C@H](NC(=O)CCCCC(C)(C)OCCOCCNC(=O)[C@H](CCC(=O)O)NC(=O)CC[C@H](NC(=O)[C@H]1CC[C@@H](CNC(=O)CCCC(=O)O)CC1)C(=O)O)C(N)=O. The molecule has 6 amide bonds. The Hall–Kier alpha value is -4.85. The Balaban J connectivity index is 2.42. The van der Waals surface area contributed by atoms with Crippen LogP contribution < -0.4 is 32.3 Å². The van der Waals surface area contributed by atoms with Gasteiger partial charge in [-0.25, -0.2) is 4.79 Å². The van der Waals surface area contributed by atoms with Crippen molar-refractivity contribution in [3.8, 4) is 0 Å². The van der Waals surface area contributed by atoms with E-state index in [9.17, 15) is 48.3 Å². The average molecular weight is 857 g/mol. The molecule has 0 aromatic carbocycles. The third-order valence-electron chi connectivity index (χ3n) is 10.1.